The summed E-state index contributed by atoms with van der Waals surface area (Å²) in [5.74, 6) is 0. The highest BCUT2D eigenvalue weighted by molar-refractivity contribution is 5.83. The number of aromatic nitrogens is 1. The zero-order valence-corrected chi connectivity index (χ0v) is 11.5. The predicted octanol–water partition coefficient (Wildman–Crippen LogP) is 4.33. The fourth-order valence-electron chi connectivity index (χ4n) is 2.85. The first-order valence-electron chi connectivity index (χ1n) is 7.05. The quantitative estimate of drug-likeness (QED) is 0.577. The summed E-state index contributed by atoms with van der Waals surface area (Å²) in [6.07, 6.45) is 1.26. The Morgan fingerprint density at radius 2 is 1.43 bits per heavy atom. The number of para-hydroxylation sites is 1. The lowest BCUT2D eigenvalue weighted by molar-refractivity contribution is 0.151. The summed E-state index contributed by atoms with van der Waals surface area (Å²) in [5, 5.41) is 14.2. The van der Waals surface area contributed by atoms with Gasteiger partial charge < -0.3 is 9.67 Å². The summed E-state index contributed by atoms with van der Waals surface area (Å²) in [6, 6.07) is 24.4. The lowest BCUT2D eigenvalue weighted by atomic mass is 10.1. The Kier molecular flexibility index (Phi) is 2.76. The third-order valence-corrected chi connectivity index (χ3v) is 3.96. The number of hydrogen-bond donors (Lipinski definition) is 1. The molecule has 0 aliphatic rings. The maximum atomic E-state index is 10.7. The zero-order chi connectivity index (χ0) is 14.2. The molecular formula is C19H15NO. The molecule has 1 unspecified atom stereocenters. The van der Waals surface area contributed by atoms with Gasteiger partial charge in [-0.3, -0.25) is 0 Å². The largest absolute Gasteiger partial charge is 0.369 e. The maximum absolute atomic E-state index is 10.7. The Morgan fingerprint density at radius 1 is 0.714 bits per heavy atom. The number of nitrogens with zero attached hydrogens (tertiary/aromatic N) is 1. The van der Waals surface area contributed by atoms with E-state index < -0.39 is 6.23 Å². The van der Waals surface area contributed by atoms with Gasteiger partial charge in [0.1, 0.15) is 0 Å². The van der Waals surface area contributed by atoms with Gasteiger partial charge >= 0.3 is 0 Å². The number of aliphatic hydroxyl groups is 1. The molecule has 0 aliphatic heterocycles. The summed E-state index contributed by atoms with van der Waals surface area (Å²) < 4.78 is 1.90. The zero-order valence-electron chi connectivity index (χ0n) is 11.5. The molecule has 0 radical (unpaired) electrons. The minimum Gasteiger partial charge on any atom is -0.369 e. The molecule has 0 spiro atoms. The summed E-state index contributed by atoms with van der Waals surface area (Å²) in [7, 11) is 0. The SMILES string of the molecule is OC(c1ccc2ccccc2c1)n1ccc2ccccc21. The molecule has 1 N–H and O–H groups in total. The van der Waals surface area contributed by atoms with Crippen molar-refractivity contribution >= 4 is 21.7 Å². The van der Waals surface area contributed by atoms with Crippen molar-refractivity contribution in [1.29, 1.82) is 0 Å². The monoisotopic (exact) mass is 273 g/mol. The lowest BCUT2D eigenvalue weighted by Gasteiger charge is -2.15. The van der Waals surface area contributed by atoms with Gasteiger partial charge in [0.2, 0.25) is 0 Å². The summed E-state index contributed by atoms with van der Waals surface area (Å²) in [4.78, 5) is 0. The van der Waals surface area contributed by atoms with Crippen LogP contribution in [0.2, 0.25) is 0 Å². The summed E-state index contributed by atoms with van der Waals surface area (Å²) in [5.41, 5.74) is 1.94. The Balaban J connectivity index is 1.83. The molecule has 1 aromatic heterocycles. The average molecular weight is 273 g/mol. The average Bonchev–Trinajstić information content (AvgIpc) is 2.98. The number of benzene rings is 3. The van der Waals surface area contributed by atoms with Crippen molar-refractivity contribution < 1.29 is 5.11 Å². The van der Waals surface area contributed by atoms with Crippen molar-refractivity contribution in [1.82, 2.24) is 4.57 Å². The van der Waals surface area contributed by atoms with Crippen LogP contribution in [0.4, 0.5) is 0 Å². The van der Waals surface area contributed by atoms with Crippen molar-refractivity contribution in [3.05, 3.63) is 84.6 Å². The van der Waals surface area contributed by atoms with E-state index in [0.717, 1.165) is 21.9 Å². The second-order valence-electron chi connectivity index (χ2n) is 5.26. The van der Waals surface area contributed by atoms with Gasteiger partial charge in [0.25, 0.3) is 0 Å². The van der Waals surface area contributed by atoms with Crippen LogP contribution in [0, 0.1) is 0 Å². The highest BCUT2D eigenvalue weighted by atomic mass is 16.3. The molecule has 0 amide bonds. The topological polar surface area (TPSA) is 25.2 Å². The molecule has 4 aromatic rings. The van der Waals surface area contributed by atoms with Gasteiger partial charge in [-0.1, -0.05) is 54.6 Å². The second kappa shape index (κ2) is 4.76. The molecule has 2 heteroatoms. The molecular weight excluding hydrogens is 258 g/mol. The Labute approximate surface area is 122 Å². The van der Waals surface area contributed by atoms with E-state index in [1.807, 2.05) is 53.2 Å². The van der Waals surface area contributed by atoms with Gasteiger partial charge in [0.05, 0.1) is 5.52 Å². The molecule has 0 saturated heterocycles. The fourth-order valence-corrected chi connectivity index (χ4v) is 2.85. The van der Waals surface area contributed by atoms with E-state index in [9.17, 15) is 5.11 Å². The van der Waals surface area contributed by atoms with Gasteiger partial charge in [-0.15, -0.1) is 0 Å². The van der Waals surface area contributed by atoms with Crippen LogP contribution in [-0.2, 0) is 0 Å². The van der Waals surface area contributed by atoms with Crippen LogP contribution in [0.15, 0.2) is 79.0 Å². The first-order chi connectivity index (χ1) is 10.3. The van der Waals surface area contributed by atoms with E-state index in [1.54, 1.807) is 0 Å². The van der Waals surface area contributed by atoms with Crippen molar-refractivity contribution in [3.63, 3.8) is 0 Å². The van der Waals surface area contributed by atoms with E-state index in [2.05, 4.69) is 30.3 Å². The van der Waals surface area contributed by atoms with E-state index in [4.69, 9.17) is 0 Å². The van der Waals surface area contributed by atoms with Crippen LogP contribution in [0.3, 0.4) is 0 Å². The molecule has 3 aromatic carbocycles. The highest BCUT2D eigenvalue weighted by Crippen LogP contribution is 2.25. The molecule has 1 heterocycles. The van der Waals surface area contributed by atoms with Crippen LogP contribution >= 0.6 is 0 Å². The Bertz CT molecular complexity index is 923. The Morgan fingerprint density at radius 3 is 2.29 bits per heavy atom. The highest BCUT2D eigenvalue weighted by Gasteiger charge is 2.12. The molecule has 1 atom stereocenters. The second-order valence-corrected chi connectivity index (χ2v) is 5.26. The summed E-state index contributed by atoms with van der Waals surface area (Å²) >= 11 is 0. The van der Waals surface area contributed by atoms with Crippen LogP contribution in [-0.4, -0.2) is 9.67 Å². The lowest BCUT2D eigenvalue weighted by Crippen LogP contribution is -2.08. The van der Waals surface area contributed by atoms with E-state index in [0.29, 0.717) is 0 Å². The normalized spacial score (nSPS) is 12.8. The molecule has 0 aliphatic carbocycles. The smallest absolute Gasteiger partial charge is 0.157 e. The van der Waals surface area contributed by atoms with E-state index in [1.165, 1.54) is 5.39 Å². The third kappa shape index (κ3) is 2.01. The molecule has 4 rings (SSSR count). The minimum atomic E-state index is -0.672. The van der Waals surface area contributed by atoms with E-state index >= 15 is 0 Å². The van der Waals surface area contributed by atoms with Crippen LogP contribution < -0.4 is 0 Å². The number of fused-ring (bicyclic) bond motifs is 2. The third-order valence-electron chi connectivity index (χ3n) is 3.96. The van der Waals surface area contributed by atoms with Gasteiger partial charge in [0.15, 0.2) is 6.23 Å². The van der Waals surface area contributed by atoms with Crippen molar-refractivity contribution in [3.8, 4) is 0 Å². The molecule has 102 valence electrons. The molecule has 2 nitrogen and oxygen atoms in total. The van der Waals surface area contributed by atoms with Gasteiger partial charge in [-0.05, 0) is 34.4 Å². The fraction of sp³-hybridized carbons (Fsp3) is 0.0526. The molecule has 0 saturated carbocycles. The molecule has 0 fully saturated rings. The van der Waals surface area contributed by atoms with Crippen molar-refractivity contribution in [2.75, 3.05) is 0 Å². The maximum Gasteiger partial charge on any atom is 0.157 e. The number of rotatable bonds is 2. The molecule has 21 heavy (non-hydrogen) atoms. The van der Waals surface area contributed by atoms with Crippen molar-refractivity contribution in [2.24, 2.45) is 0 Å². The number of hydrogen-bond acceptors (Lipinski definition) is 1. The van der Waals surface area contributed by atoms with Crippen LogP contribution in [0.1, 0.15) is 11.8 Å². The van der Waals surface area contributed by atoms with Gasteiger partial charge in [-0.2, -0.15) is 0 Å². The van der Waals surface area contributed by atoms with Gasteiger partial charge in [0, 0.05) is 11.8 Å². The number of aliphatic hydroxyl groups excluding tert-OH is 1. The van der Waals surface area contributed by atoms with Crippen molar-refractivity contribution in [2.45, 2.75) is 6.23 Å². The predicted molar refractivity (Wildman–Crippen MR) is 86.2 cm³/mol. The van der Waals surface area contributed by atoms with Crippen LogP contribution in [0.5, 0.6) is 0 Å². The molecule has 0 bridgehead atoms. The van der Waals surface area contributed by atoms with E-state index in [-0.39, 0.29) is 0 Å². The summed E-state index contributed by atoms with van der Waals surface area (Å²) in [6.45, 7) is 0. The Hall–Kier alpha value is -2.58. The first kappa shape index (κ1) is 12.2. The first-order valence-corrected chi connectivity index (χ1v) is 7.05. The minimum absolute atomic E-state index is 0.672. The van der Waals surface area contributed by atoms with Crippen LogP contribution in [0.25, 0.3) is 21.7 Å². The van der Waals surface area contributed by atoms with Gasteiger partial charge in [-0.25, -0.2) is 0 Å². The standard InChI is InChI=1S/C19H15NO/c21-19(20-12-11-15-6-3-4-8-18(15)20)17-10-9-14-5-1-2-7-16(14)13-17/h1-13,19,21H.